The molecule has 0 bridgehead atoms. The number of nitrogens with zero attached hydrogens (tertiary/aromatic N) is 2. The van der Waals surface area contributed by atoms with Gasteiger partial charge in [0.05, 0.1) is 23.7 Å². The first-order chi connectivity index (χ1) is 10.6. The van der Waals surface area contributed by atoms with Gasteiger partial charge in [-0.1, -0.05) is 0 Å². The van der Waals surface area contributed by atoms with Gasteiger partial charge in [-0.2, -0.15) is 4.31 Å². The molecule has 3 heterocycles. The number of rotatable bonds is 4. The Morgan fingerprint density at radius 3 is 2.82 bits per heavy atom. The van der Waals surface area contributed by atoms with Gasteiger partial charge in [-0.05, 0) is 25.0 Å². The predicted molar refractivity (Wildman–Crippen MR) is 80.1 cm³/mol. The van der Waals surface area contributed by atoms with E-state index in [2.05, 4.69) is 4.98 Å². The molecule has 0 N–H and O–H groups in total. The Morgan fingerprint density at radius 2 is 2.14 bits per heavy atom. The van der Waals surface area contributed by atoms with Crippen molar-refractivity contribution in [3.05, 3.63) is 24.5 Å². The van der Waals surface area contributed by atoms with E-state index in [1.165, 1.54) is 0 Å². The maximum absolute atomic E-state index is 12.2. The summed E-state index contributed by atoms with van der Waals surface area (Å²) < 4.78 is 37.8. The van der Waals surface area contributed by atoms with E-state index in [1.54, 1.807) is 16.7 Å². The molecule has 4 rings (SSSR count). The van der Waals surface area contributed by atoms with Crippen LogP contribution < -0.4 is 4.74 Å². The molecule has 3 aliphatic rings. The van der Waals surface area contributed by atoms with E-state index >= 15 is 0 Å². The molecule has 0 radical (unpaired) electrons. The number of hydrogen-bond acceptors (Lipinski definition) is 5. The molecule has 2 aliphatic heterocycles. The number of hydrogen-bond donors (Lipinski definition) is 0. The second kappa shape index (κ2) is 5.18. The lowest BCUT2D eigenvalue weighted by Gasteiger charge is -2.52. The SMILES string of the molecule is O=S(=O)(C1CC1)N1CC2(CC(Oc3cccnc3)CCO2)C1. The minimum Gasteiger partial charge on any atom is -0.489 e. The molecule has 1 spiro atoms. The van der Waals surface area contributed by atoms with Crippen LogP contribution >= 0.6 is 0 Å². The fourth-order valence-electron chi connectivity index (χ4n) is 3.27. The maximum atomic E-state index is 12.2. The van der Waals surface area contributed by atoms with Gasteiger partial charge in [0.25, 0.3) is 0 Å². The number of pyridine rings is 1. The van der Waals surface area contributed by atoms with Crippen LogP contribution in [-0.4, -0.2) is 54.4 Å². The molecule has 7 heteroatoms. The molecule has 0 aromatic carbocycles. The van der Waals surface area contributed by atoms with Gasteiger partial charge in [-0.15, -0.1) is 0 Å². The van der Waals surface area contributed by atoms with Crippen LogP contribution in [0, 0.1) is 0 Å². The quantitative estimate of drug-likeness (QED) is 0.832. The minimum absolute atomic E-state index is 0.0590. The Labute approximate surface area is 130 Å². The zero-order valence-corrected chi connectivity index (χ0v) is 13.2. The van der Waals surface area contributed by atoms with Gasteiger partial charge in [0, 0.05) is 32.1 Å². The fraction of sp³-hybridized carbons (Fsp3) is 0.667. The van der Waals surface area contributed by atoms with Gasteiger partial charge in [0.1, 0.15) is 11.9 Å². The van der Waals surface area contributed by atoms with Crippen molar-refractivity contribution in [3.63, 3.8) is 0 Å². The van der Waals surface area contributed by atoms with E-state index in [0.29, 0.717) is 19.7 Å². The largest absolute Gasteiger partial charge is 0.489 e. The van der Waals surface area contributed by atoms with E-state index in [4.69, 9.17) is 9.47 Å². The van der Waals surface area contributed by atoms with E-state index in [-0.39, 0.29) is 17.0 Å². The summed E-state index contributed by atoms with van der Waals surface area (Å²) in [7, 11) is -3.08. The molecule has 1 aliphatic carbocycles. The van der Waals surface area contributed by atoms with Gasteiger partial charge < -0.3 is 9.47 Å². The third-order valence-corrected chi connectivity index (χ3v) is 6.91. The van der Waals surface area contributed by atoms with Gasteiger partial charge in [0.2, 0.25) is 10.0 Å². The number of sulfonamides is 1. The highest BCUT2D eigenvalue weighted by Crippen LogP contribution is 2.41. The van der Waals surface area contributed by atoms with Crippen LogP contribution in [0.3, 0.4) is 0 Å². The summed E-state index contributed by atoms with van der Waals surface area (Å²) in [5, 5.41) is -0.143. The third-order valence-electron chi connectivity index (χ3n) is 4.62. The summed E-state index contributed by atoms with van der Waals surface area (Å²) in [6.45, 7) is 1.56. The van der Waals surface area contributed by atoms with Crippen molar-refractivity contribution in [2.75, 3.05) is 19.7 Å². The van der Waals surface area contributed by atoms with E-state index in [0.717, 1.165) is 31.4 Å². The van der Waals surface area contributed by atoms with Crippen LogP contribution in [-0.2, 0) is 14.8 Å². The summed E-state index contributed by atoms with van der Waals surface area (Å²) >= 11 is 0. The molecular weight excluding hydrogens is 304 g/mol. The van der Waals surface area contributed by atoms with Crippen molar-refractivity contribution >= 4 is 10.0 Å². The highest BCUT2D eigenvalue weighted by atomic mass is 32.2. The van der Waals surface area contributed by atoms with Crippen molar-refractivity contribution < 1.29 is 17.9 Å². The van der Waals surface area contributed by atoms with Crippen molar-refractivity contribution in [2.45, 2.75) is 42.6 Å². The predicted octanol–water partition coefficient (Wildman–Crippen LogP) is 1.19. The molecule has 120 valence electrons. The second-order valence-corrected chi connectivity index (χ2v) is 8.68. The highest BCUT2D eigenvalue weighted by molar-refractivity contribution is 7.90. The summed E-state index contributed by atoms with van der Waals surface area (Å²) in [5.74, 6) is 0.756. The summed E-state index contributed by atoms with van der Waals surface area (Å²) in [6, 6.07) is 3.73. The van der Waals surface area contributed by atoms with Crippen LogP contribution in [0.2, 0.25) is 0 Å². The monoisotopic (exact) mass is 324 g/mol. The Balaban J connectivity index is 1.38. The summed E-state index contributed by atoms with van der Waals surface area (Å²) in [6.07, 6.45) is 6.64. The third kappa shape index (κ3) is 2.61. The van der Waals surface area contributed by atoms with Crippen molar-refractivity contribution in [2.24, 2.45) is 0 Å². The molecule has 1 aromatic heterocycles. The van der Waals surface area contributed by atoms with Gasteiger partial charge >= 0.3 is 0 Å². The van der Waals surface area contributed by atoms with Crippen LogP contribution in [0.15, 0.2) is 24.5 Å². The number of ether oxygens (including phenoxy) is 2. The number of aromatic nitrogens is 1. The molecule has 1 unspecified atom stereocenters. The van der Waals surface area contributed by atoms with Gasteiger partial charge in [0.15, 0.2) is 0 Å². The van der Waals surface area contributed by atoms with Crippen LogP contribution in [0.1, 0.15) is 25.7 Å². The Kier molecular flexibility index (Phi) is 3.39. The first kappa shape index (κ1) is 14.4. The van der Waals surface area contributed by atoms with E-state index in [1.807, 2.05) is 12.1 Å². The van der Waals surface area contributed by atoms with Crippen LogP contribution in [0.5, 0.6) is 5.75 Å². The molecule has 0 amide bonds. The normalized spacial score (nSPS) is 28.3. The summed E-state index contributed by atoms with van der Waals surface area (Å²) in [5.41, 5.74) is -0.354. The molecule has 3 fully saturated rings. The maximum Gasteiger partial charge on any atom is 0.217 e. The Hall–Kier alpha value is -1.18. The second-order valence-electron chi connectivity index (χ2n) is 6.47. The lowest BCUT2D eigenvalue weighted by molar-refractivity contribution is -0.164. The lowest BCUT2D eigenvalue weighted by Crippen LogP contribution is -2.67. The first-order valence-corrected chi connectivity index (χ1v) is 9.27. The zero-order chi connectivity index (χ0) is 15.2. The summed E-state index contributed by atoms with van der Waals surface area (Å²) in [4.78, 5) is 4.05. The minimum atomic E-state index is -3.08. The van der Waals surface area contributed by atoms with Crippen molar-refractivity contribution in [1.82, 2.24) is 9.29 Å². The van der Waals surface area contributed by atoms with Gasteiger partial charge in [-0.25, -0.2) is 8.42 Å². The molecule has 1 aromatic rings. The van der Waals surface area contributed by atoms with Crippen LogP contribution in [0.4, 0.5) is 0 Å². The average Bonchev–Trinajstić information content (AvgIpc) is 3.31. The molecular formula is C15H20N2O4S. The Bertz CT molecular complexity index is 639. The van der Waals surface area contributed by atoms with Gasteiger partial charge in [-0.3, -0.25) is 4.98 Å². The highest BCUT2D eigenvalue weighted by Gasteiger charge is 2.55. The van der Waals surface area contributed by atoms with Crippen LogP contribution in [0.25, 0.3) is 0 Å². The molecule has 22 heavy (non-hydrogen) atoms. The topological polar surface area (TPSA) is 68.7 Å². The lowest BCUT2D eigenvalue weighted by atomic mass is 9.86. The molecule has 2 saturated heterocycles. The standard InChI is InChI=1S/C15H20N2O4S/c18-22(19,14-3-4-14)17-10-15(11-17)8-12(5-7-20-15)21-13-2-1-6-16-9-13/h1-2,6,9,12,14H,3-5,7-8,10-11H2. The first-order valence-electron chi connectivity index (χ1n) is 7.77. The Morgan fingerprint density at radius 1 is 1.32 bits per heavy atom. The average molecular weight is 324 g/mol. The smallest absolute Gasteiger partial charge is 0.217 e. The fourth-order valence-corrected chi connectivity index (χ4v) is 5.25. The molecule has 1 atom stereocenters. The van der Waals surface area contributed by atoms with Crippen molar-refractivity contribution in [1.29, 1.82) is 0 Å². The van der Waals surface area contributed by atoms with E-state index < -0.39 is 10.0 Å². The van der Waals surface area contributed by atoms with Crippen molar-refractivity contribution in [3.8, 4) is 5.75 Å². The molecule has 1 saturated carbocycles. The molecule has 6 nitrogen and oxygen atoms in total. The zero-order valence-electron chi connectivity index (χ0n) is 12.3. The van der Waals surface area contributed by atoms with E-state index in [9.17, 15) is 8.42 Å².